The van der Waals surface area contributed by atoms with Gasteiger partial charge in [0.05, 0.1) is 7.11 Å². The van der Waals surface area contributed by atoms with Crippen molar-refractivity contribution in [3.05, 3.63) is 29.3 Å². The zero-order valence-corrected chi connectivity index (χ0v) is 12.6. The first-order valence-corrected chi connectivity index (χ1v) is 7.47. The van der Waals surface area contributed by atoms with Gasteiger partial charge in [0, 0.05) is 18.7 Å². The summed E-state index contributed by atoms with van der Waals surface area (Å²) in [4.78, 5) is 0. The summed E-state index contributed by atoms with van der Waals surface area (Å²) in [7, 11) is 1.75. The number of aryl methyl sites for hydroxylation is 1. The SMILES string of the molecule is COc1ccc(C)cc1CNCC1(C)CCCCC1. The van der Waals surface area contributed by atoms with Crippen molar-refractivity contribution in [2.24, 2.45) is 5.41 Å². The molecule has 0 radical (unpaired) electrons. The zero-order chi connectivity index (χ0) is 13.7. The Kier molecular flexibility index (Phi) is 4.87. The average molecular weight is 261 g/mol. The third-order valence-electron chi connectivity index (χ3n) is 4.36. The van der Waals surface area contributed by atoms with Gasteiger partial charge in [-0.3, -0.25) is 0 Å². The Balaban J connectivity index is 1.90. The molecule has 0 heterocycles. The Labute approximate surface area is 117 Å². The number of benzene rings is 1. The van der Waals surface area contributed by atoms with Crippen molar-refractivity contribution >= 4 is 0 Å². The minimum Gasteiger partial charge on any atom is -0.496 e. The van der Waals surface area contributed by atoms with Crippen LogP contribution in [0.25, 0.3) is 0 Å². The Morgan fingerprint density at radius 3 is 2.63 bits per heavy atom. The maximum Gasteiger partial charge on any atom is 0.123 e. The van der Waals surface area contributed by atoms with E-state index in [4.69, 9.17) is 4.74 Å². The Morgan fingerprint density at radius 1 is 1.21 bits per heavy atom. The van der Waals surface area contributed by atoms with E-state index in [2.05, 4.69) is 37.4 Å². The third kappa shape index (κ3) is 3.97. The quantitative estimate of drug-likeness (QED) is 0.863. The molecule has 19 heavy (non-hydrogen) atoms. The molecule has 1 fully saturated rings. The van der Waals surface area contributed by atoms with E-state index >= 15 is 0 Å². The number of methoxy groups -OCH3 is 1. The number of hydrogen-bond acceptors (Lipinski definition) is 2. The maximum atomic E-state index is 5.43. The second-order valence-corrected chi connectivity index (χ2v) is 6.29. The summed E-state index contributed by atoms with van der Waals surface area (Å²) in [6.07, 6.45) is 6.94. The van der Waals surface area contributed by atoms with Crippen LogP contribution in [0, 0.1) is 12.3 Å². The number of rotatable bonds is 5. The first-order valence-electron chi connectivity index (χ1n) is 7.47. The normalized spacial score (nSPS) is 18.3. The van der Waals surface area contributed by atoms with Crippen LogP contribution >= 0.6 is 0 Å². The van der Waals surface area contributed by atoms with Crippen molar-refractivity contribution in [3.63, 3.8) is 0 Å². The summed E-state index contributed by atoms with van der Waals surface area (Å²) >= 11 is 0. The van der Waals surface area contributed by atoms with Gasteiger partial charge in [-0.05, 0) is 31.2 Å². The lowest BCUT2D eigenvalue weighted by Crippen LogP contribution is -2.33. The molecule has 1 saturated carbocycles. The lowest BCUT2D eigenvalue weighted by atomic mass is 9.76. The Hall–Kier alpha value is -1.02. The van der Waals surface area contributed by atoms with Gasteiger partial charge in [0.25, 0.3) is 0 Å². The molecule has 0 aliphatic heterocycles. The Morgan fingerprint density at radius 2 is 1.95 bits per heavy atom. The minimum atomic E-state index is 0.495. The lowest BCUT2D eigenvalue weighted by molar-refractivity contribution is 0.207. The standard InChI is InChI=1S/C17H27NO/c1-14-7-8-16(19-3)15(11-14)12-18-13-17(2)9-5-4-6-10-17/h7-8,11,18H,4-6,9-10,12-13H2,1-3H3. The highest BCUT2D eigenvalue weighted by molar-refractivity contribution is 5.36. The maximum absolute atomic E-state index is 5.43. The van der Waals surface area contributed by atoms with Crippen molar-refractivity contribution in [2.45, 2.75) is 52.5 Å². The molecule has 0 atom stereocenters. The lowest BCUT2D eigenvalue weighted by Gasteiger charge is -2.33. The molecule has 0 spiro atoms. The molecule has 1 aliphatic rings. The fourth-order valence-electron chi connectivity index (χ4n) is 3.13. The van der Waals surface area contributed by atoms with E-state index in [-0.39, 0.29) is 0 Å². The largest absolute Gasteiger partial charge is 0.496 e. The molecular weight excluding hydrogens is 234 g/mol. The van der Waals surface area contributed by atoms with Crippen molar-refractivity contribution < 1.29 is 4.74 Å². The minimum absolute atomic E-state index is 0.495. The number of nitrogens with one attached hydrogen (secondary N) is 1. The van der Waals surface area contributed by atoms with Crippen LogP contribution < -0.4 is 10.1 Å². The predicted molar refractivity (Wildman–Crippen MR) is 80.6 cm³/mol. The van der Waals surface area contributed by atoms with Gasteiger partial charge in [-0.15, -0.1) is 0 Å². The summed E-state index contributed by atoms with van der Waals surface area (Å²) in [6, 6.07) is 6.38. The van der Waals surface area contributed by atoms with Crippen LogP contribution in [0.5, 0.6) is 5.75 Å². The highest BCUT2D eigenvalue weighted by Crippen LogP contribution is 2.35. The molecule has 1 aromatic carbocycles. The van der Waals surface area contributed by atoms with Gasteiger partial charge in [0.15, 0.2) is 0 Å². The van der Waals surface area contributed by atoms with Gasteiger partial charge in [-0.25, -0.2) is 0 Å². The molecule has 0 saturated heterocycles. The fourth-order valence-corrected chi connectivity index (χ4v) is 3.13. The molecule has 1 N–H and O–H groups in total. The molecule has 2 heteroatoms. The molecule has 2 rings (SSSR count). The van der Waals surface area contributed by atoms with Gasteiger partial charge in [0.1, 0.15) is 5.75 Å². The smallest absolute Gasteiger partial charge is 0.123 e. The van der Waals surface area contributed by atoms with Crippen LogP contribution in [-0.4, -0.2) is 13.7 Å². The first kappa shape index (κ1) is 14.4. The Bertz CT molecular complexity index is 408. The van der Waals surface area contributed by atoms with E-state index in [1.54, 1.807) is 7.11 Å². The molecule has 0 aromatic heterocycles. The van der Waals surface area contributed by atoms with Crippen LogP contribution in [0.15, 0.2) is 18.2 Å². The first-order chi connectivity index (χ1) is 9.13. The van der Waals surface area contributed by atoms with E-state index in [1.165, 1.54) is 43.2 Å². The van der Waals surface area contributed by atoms with Crippen LogP contribution in [-0.2, 0) is 6.54 Å². The highest BCUT2D eigenvalue weighted by Gasteiger charge is 2.26. The molecule has 0 amide bonds. The molecule has 0 bridgehead atoms. The molecular formula is C17H27NO. The van der Waals surface area contributed by atoms with Gasteiger partial charge in [0.2, 0.25) is 0 Å². The number of ether oxygens (including phenoxy) is 1. The molecule has 1 aliphatic carbocycles. The van der Waals surface area contributed by atoms with Gasteiger partial charge in [-0.1, -0.05) is 43.9 Å². The van der Waals surface area contributed by atoms with Gasteiger partial charge < -0.3 is 10.1 Å². The average Bonchev–Trinajstić information content (AvgIpc) is 2.40. The van der Waals surface area contributed by atoms with Crippen molar-refractivity contribution in [1.82, 2.24) is 5.32 Å². The summed E-state index contributed by atoms with van der Waals surface area (Å²) in [5.74, 6) is 0.992. The zero-order valence-electron chi connectivity index (χ0n) is 12.6. The van der Waals surface area contributed by atoms with E-state index in [1.807, 2.05) is 0 Å². The summed E-state index contributed by atoms with van der Waals surface area (Å²) in [6.45, 7) is 6.57. The van der Waals surface area contributed by atoms with Crippen molar-refractivity contribution in [2.75, 3.05) is 13.7 Å². The van der Waals surface area contributed by atoms with E-state index in [9.17, 15) is 0 Å². The molecule has 2 nitrogen and oxygen atoms in total. The van der Waals surface area contributed by atoms with E-state index in [0.717, 1.165) is 18.8 Å². The second-order valence-electron chi connectivity index (χ2n) is 6.29. The van der Waals surface area contributed by atoms with Crippen LogP contribution in [0.4, 0.5) is 0 Å². The van der Waals surface area contributed by atoms with Crippen LogP contribution in [0.1, 0.15) is 50.2 Å². The van der Waals surface area contributed by atoms with Crippen LogP contribution in [0.2, 0.25) is 0 Å². The van der Waals surface area contributed by atoms with Gasteiger partial charge >= 0.3 is 0 Å². The highest BCUT2D eigenvalue weighted by atomic mass is 16.5. The summed E-state index contributed by atoms with van der Waals surface area (Å²) in [5, 5.41) is 3.63. The second kappa shape index (κ2) is 6.42. The fraction of sp³-hybridized carbons (Fsp3) is 0.647. The monoisotopic (exact) mass is 261 g/mol. The topological polar surface area (TPSA) is 21.3 Å². The van der Waals surface area contributed by atoms with E-state index < -0.39 is 0 Å². The number of hydrogen-bond donors (Lipinski definition) is 1. The molecule has 106 valence electrons. The predicted octanol–water partition coefficient (Wildman–Crippen LogP) is 4.06. The van der Waals surface area contributed by atoms with Crippen molar-refractivity contribution in [3.8, 4) is 5.75 Å². The molecule has 0 unspecified atom stereocenters. The van der Waals surface area contributed by atoms with Crippen molar-refractivity contribution in [1.29, 1.82) is 0 Å². The molecule has 1 aromatic rings. The third-order valence-corrected chi connectivity index (χ3v) is 4.36. The summed E-state index contributed by atoms with van der Waals surface area (Å²) < 4.78 is 5.43. The van der Waals surface area contributed by atoms with E-state index in [0.29, 0.717) is 5.41 Å². The van der Waals surface area contributed by atoms with Gasteiger partial charge in [-0.2, -0.15) is 0 Å². The summed E-state index contributed by atoms with van der Waals surface area (Å²) in [5.41, 5.74) is 3.05. The van der Waals surface area contributed by atoms with Crippen LogP contribution in [0.3, 0.4) is 0 Å².